The summed E-state index contributed by atoms with van der Waals surface area (Å²) in [7, 11) is 0. The van der Waals surface area contributed by atoms with E-state index in [4.69, 9.17) is 6.42 Å². The molecule has 0 bridgehead atoms. The molecule has 3 aromatic rings. The largest absolute Gasteiger partial charge is 0.329 e. The Balaban J connectivity index is 2.16. The van der Waals surface area contributed by atoms with Crippen molar-refractivity contribution in [3.05, 3.63) is 72.4 Å². The maximum Gasteiger partial charge on any atom is 0.120 e. The Bertz CT molecular complexity index is 701. The lowest BCUT2D eigenvalue weighted by Crippen LogP contribution is -2.06. The smallest absolute Gasteiger partial charge is 0.120 e. The van der Waals surface area contributed by atoms with Crippen LogP contribution in [-0.4, -0.2) is 4.57 Å². The number of fused-ring (bicyclic) bond motifs is 1. The molecule has 2 aromatic carbocycles. The summed E-state index contributed by atoms with van der Waals surface area (Å²) in [4.78, 5) is 0. The van der Waals surface area contributed by atoms with Crippen molar-refractivity contribution in [3.63, 3.8) is 0 Å². The van der Waals surface area contributed by atoms with Crippen molar-refractivity contribution < 1.29 is 0 Å². The topological polar surface area (TPSA) is 4.93 Å². The Hall–Kier alpha value is -2.46. The van der Waals surface area contributed by atoms with E-state index in [1.54, 1.807) is 0 Å². The Morgan fingerprint density at radius 3 is 2.39 bits per heavy atom. The van der Waals surface area contributed by atoms with Crippen LogP contribution in [0.1, 0.15) is 11.6 Å². The van der Waals surface area contributed by atoms with Gasteiger partial charge in [0.25, 0.3) is 0 Å². The zero-order valence-electron chi connectivity index (χ0n) is 9.95. The normalized spacial score (nSPS) is 12.2. The number of nitrogens with zero attached hydrogens (tertiary/aromatic N) is 1. The highest BCUT2D eigenvalue weighted by Gasteiger charge is 2.11. The fraction of sp³-hybridized carbons (Fsp3) is 0.0588. The fourth-order valence-electron chi connectivity index (χ4n) is 2.30. The van der Waals surface area contributed by atoms with Crippen LogP contribution in [0.15, 0.2) is 66.9 Å². The Morgan fingerprint density at radius 1 is 0.889 bits per heavy atom. The first kappa shape index (κ1) is 10.7. The van der Waals surface area contributed by atoms with Crippen LogP contribution in [0.2, 0.25) is 0 Å². The molecule has 0 spiro atoms. The van der Waals surface area contributed by atoms with Crippen LogP contribution in [0.4, 0.5) is 0 Å². The molecule has 1 heteroatoms. The maximum absolute atomic E-state index is 5.72. The molecule has 0 aliphatic carbocycles. The highest BCUT2D eigenvalue weighted by atomic mass is 15.0. The predicted molar refractivity (Wildman–Crippen MR) is 75.4 cm³/mol. The van der Waals surface area contributed by atoms with E-state index in [1.165, 1.54) is 10.9 Å². The molecule has 1 heterocycles. The van der Waals surface area contributed by atoms with E-state index in [0.717, 1.165) is 5.56 Å². The predicted octanol–water partition coefficient (Wildman–Crippen LogP) is 3.86. The summed E-state index contributed by atoms with van der Waals surface area (Å²) >= 11 is 0. The molecule has 0 saturated carbocycles. The lowest BCUT2D eigenvalue weighted by Gasteiger charge is -2.14. The minimum absolute atomic E-state index is 0.0499. The van der Waals surface area contributed by atoms with E-state index in [1.807, 2.05) is 30.3 Å². The molecule has 86 valence electrons. The van der Waals surface area contributed by atoms with Crippen molar-refractivity contribution in [2.24, 2.45) is 0 Å². The molecule has 18 heavy (non-hydrogen) atoms. The molecule has 0 amide bonds. The minimum atomic E-state index is -0.0499. The van der Waals surface area contributed by atoms with Crippen LogP contribution < -0.4 is 0 Å². The van der Waals surface area contributed by atoms with Gasteiger partial charge in [-0.1, -0.05) is 54.5 Å². The van der Waals surface area contributed by atoms with Crippen LogP contribution in [0.5, 0.6) is 0 Å². The van der Waals surface area contributed by atoms with Gasteiger partial charge in [0, 0.05) is 11.7 Å². The summed E-state index contributed by atoms with van der Waals surface area (Å²) in [5.41, 5.74) is 2.31. The average Bonchev–Trinajstić information content (AvgIpc) is 2.85. The minimum Gasteiger partial charge on any atom is -0.329 e. The zero-order chi connectivity index (χ0) is 12.4. The number of para-hydroxylation sites is 1. The van der Waals surface area contributed by atoms with E-state index in [-0.39, 0.29) is 6.04 Å². The molecule has 1 unspecified atom stereocenters. The Morgan fingerprint density at radius 2 is 1.61 bits per heavy atom. The summed E-state index contributed by atoms with van der Waals surface area (Å²) in [5, 5.41) is 1.22. The summed E-state index contributed by atoms with van der Waals surface area (Å²) < 4.78 is 2.14. The number of aromatic nitrogens is 1. The van der Waals surface area contributed by atoms with Gasteiger partial charge in [0.1, 0.15) is 6.04 Å². The van der Waals surface area contributed by atoms with Crippen molar-refractivity contribution >= 4 is 10.9 Å². The molecule has 0 saturated heterocycles. The Kier molecular flexibility index (Phi) is 2.63. The second-order valence-electron chi connectivity index (χ2n) is 4.26. The standard InChI is InChI=1S/C17H13N/c1-2-16(14-8-4-3-5-9-14)18-13-12-15-10-6-7-11-17(15)18/h1,3-13,16H. The molecule has 0 aliphatic heterocycles. The third-order valence-electron chi connectivity index (χ3n) is 3.18. The second-order valence-corrected chi connectivity index (χ2v) is 4.26. The summed E-state index contributed by atoms with van der Waals surface area (Å²) in [6.45, 7) is 0. The molecular weight excluding hydrogens is 218 g/mol. The fourth-order valence-corrected chi connectivity index (χ4v) is 2.30. The van der Waals surface area contributed by atoms with Crippen molar-refractivity contribution in [2.45, 2.75) is 6.04 Å². The molecule has 1 aromatic heterocycles. The molecule has 0 fully saturated rings. The first-order valence-electron chi connectivity index (χ1n) is 5.97. The zero-order valence-corrected chi connectivity index (χ0v) is 9.95. The van der Waals surface area contributed by atoms with Crippen LogP contribution in [0.3, 0.4) is 0 Å². The van der Waals surface area contributed by atoms with Crippen LogP contribution >= 0.6 is 0 Å². The van der Waals surface area contributed by atoms with Gasteiger partial charge < -0.3 is 4.57 Å². The van der Waals surface area contributed by atoms with E-state index in [0.29, 0.717) is 0 Å². The highest BCUT2D eigenvalue weighted by Crippen LogP contribution is 2.24. The van der Waals surface area contributed by atoms with Gasteiger partial charge in [0.05, 0.1) is 0 Å². The van der Waals surface area contributed by atoms with E-state index in [9.17, 15) is 0 Å². The SMILES string of the molecule is C#CC(c1ccccc1)n1ccc2ccccc21. The third kappa shape index (κ3) is 1.69. The lowest BCUT2D eigenvalue weighted by molar-refractivity contribution is 0.752. The molecule has 0 aliphatic rings. The molecule has 1 atom stereocenters. The first-order chi connectivity index (χ1) is 8.90. The van der Waals surface area contributed by atoms with Crippen LogP contribution in [-0.2, 0) is 0 Å². The van der Waals surface area contributed by atoms with Crippen molar-refractivity contribution in [1.82, 2.24) is 4.57 Å². The van der Waals surface area contributed by atoms with Gasteiger partial charge in [-0.2, -0.15) is 0 Å². The van der Waals surface area contributed by atoms with E-state index < -0.39 is 0 Å². The molecule has 1 nitrogen and oxygen atoms in total. The highest BCUT2D eigenvalue weighted by molar-refractivity contribution is 5.80. The number of benzene rings is 2. The van der Waals surface area contributed by atoms with E-state index in [2.05, 4.69) is 47.0 Å². The third-order valence-corrected chi connectivity index (χ3v) is 3.18. The first-order valence-corrected chi connectivity index (χ1v) is 5.97. The quantitative estimate of drug-likeness (QED) is 0.590. The van der Waals surface area contributed by atoms with Gasteiger partial charge >= 0.3 is 0 Å². The Labute approximate surface area is 107 Å². The van der Waals surface area contributed by atoms with Crippen LogP contribution in [0, 0.1) is 12.3 Å². The van der Waals surface area contributed by atoms with Gasteiger partial charge in [0.15, 0.2) is 0 Å². The van der Waals surface area contributed by atoms with Gasteiger partial charge in [-0.25, -0.2) is 0 Å². The van der Waals surface area contributed by atoms with Crippen molar-refractivity contribution in [1.29, 1.82) is 0 Å². The second kappa shape index (κ2) is 4.43. The number of terminal acetylenes is 1. The average molecular weight is 231 g/mol. The molecule has 0 N–H and O–H groups in total. The van der Waals surface area contributed by atoms with E-state index >= 15 is 0 Å². The van der Waals surface area contributed by atoms with Crippen LogP contribution in [0.25, 0.3) is 10.9 Å². The van der Waals surface area contributed by atoms with Gasteiger partial charge in [0.2, 0.25) is 0 Å². The summed E-state index contributed by atoms with van der Waals surface area (Å²) in [6, 6.07) is 20.5. The van der Waals surface area contributed by atoms with Gasteiger partial charge in [-0.3, -0.25) is 0 Å². The summed E-state index contributed by atoms with van der Waals surface area (Å²) in [5.74, 6) is 2.88. The lowest BCUT2D eigenvalue weighted by atomic mass is 10.1. The number of rotatable bonds is 2. The van der Waals surface area contributed by atoms with Gasteiger partial charge in [-0.15, -0.1) is 6.42 Å². The molecule has 3 rings (SSSR count). The molecule has 0 radical (unpaired) electrons. The number of hydrogen-bond donors (Lipinski definition) is 0. The van der Waals surface area contributed by atoms with Crippen molar-refractivity contribution in [3.8, 4) is 12.3 Å². The molecular formula is C17H13N. The van der Waals surface area contributed by atoms with Gasteiger partial charge in [-0.05, 0) is 23.1 Å². The maximum atomic E-state index is 5.72. The van der Waals surface area contributed by atoms with Crippen molar-refractivity contribution in [2.75, 3.05) is 0 Å². The number of hydrogen-bond acceptors (Lipinski definition) is 0. The monoisotopic (exact) mass is 231 g/mol. The summed E-state index contributed by atoms with van der Waals surface area (Å²) in [6.07, 6.45) is 7.77.